The lowest BCUT2D eigenvalue weighted by molar-refractivity contribution is 0.354. The second-order valence-corrected chi connectivity index (χ2v) is 7.38. The number of nitrogens with zero attached hydrogens (tertiary/aromatic N) is 2. The smallest absolute Gasteiger partial charge is 0.126 e. The number of hydrogen-bond donors (Lipinski definition) is 1. The molecule has 2 N–H and O–H groups in total. The van der Waals surface area contributed by atoms with Crippen molar-refractivity contribution >= 4 is 5.82 Å². The van der Waals surface area contributed by atoms with Crippen molar-refractivity contribution in [1.82, 2.24) is 9.55 Å². The molecule has 20 heavy (non-hydrogen) atoms. The van der Waals surface area contributed by atoms with Crippen molar-refractivity contribution in [3.05, 3.63) is 11.5 Å². The van der Waals surface area contributed by atoms with Gasteiger partial charge in [-0.3, -0.25) is 0 Å². The summed E-state index contributed by atoms with van der Waals surface area (Å²) in [5, 5.41) is 0. The zero-order valence-corrected chi connectivity index (χ0v) is 13.7. The molecule has 3 nitrogen and oxygen atoms in total. The summed E-state index contributed by atoms with van der Waals surface area (Å²) in [6, 6.07) is 0. The Kier molecular flexibility index (Phi) is 4.77. The maximum absolute atomic E-state index is 6.40. The fourth-order valence-corrected chi connectivity index (χ4v) is 3.35. The molecule has 1 aliphatic rings. The van der Waals surface area contributed by atoms with Crippen molar-refractivity contribution < 1.29 is 0 Å². The summed E-state index contributed by atoms with van der Waals surface area (Å²) in [6.07, 6.45) is 9.05. The van der Waals surface area contributed by atoms with E-state index in [1.165, 1.54) is 32.1 Å². The van der Waals surface area contributed by atoms with Gasteiger partial charge in [-0.25, -0.2) is 4.98 Å². The van der Waals surface area contributed by atoms with E-state index in [4.69, 9.17) is 10.7 Å². The lowest BCUT2D eigenvalue weighted by atomic mass is 9.86. The normalized spacial score (nSPS) is 17.6. The number of hydrogen-bond acceptors (Lipinski definition) is 2. The molecule has 114 valence electrons. The monoisotopic (exact) mass is 277 g/mol. The molecule has 0 unspecified atom stereocenters. The summed E-state index contributed by atoms with van der Waals surface area (Å²) in [7, 11) is 0. The Hall–Kier alpha value is -0.990. The van der Waals surface area contributed by atoms with Crippen molar-refractivity contribution in [2.24, 2.45) is 5.92 Å². The number of imidazole rings is 1. The molecule has 3 heteroatoms. The van der Waals surface area contributed by atoms with Gasteiger partial charge in [0, 0.05) is 12.0 Å². The first-order valence-electron chi connectivity index (χ1n) is 8.28. The largest absolute Gasteiger partial charge is 0.384 e. The standard InChI is InChI=1S/C17H31N3/c1-5-11-20-15(18)14(19-16(20)17(2,3)4)12-13-9-7-6-8-10-13/h13H,5-12,18H2,1-4H3. The lowest BCUT2D eigenvalue weighted by Crippen LogP contribution is -2.19. The highest BCUT2D eigenvalue weighted by atomic mass is 15.1. The third-order valence-electron chi connectivity index (χ3n) is 4.41. The summed E-state index contributed by atoms with van der Waals surface area (Å²) in [6.45, 7) is 9.87. The van der Waals surface area contributed by atoms with Gasteiger partial charge in [0.15, 0.2) is 0 Å². The Morgan fingerprint density at radius 3 is 2.40 bits per heavy atom. The number of aromatic nitrogens is 2. The van der Waals surface area contributed by atoms with E-state index in [1.807, 2.05) is 0 Å². The summed E-state index contributed by atoms with van der Waals surface area (Å²) >= 11 is 0. The Balaban J connectivity index is 2.24. The Morgan fingerprint density at radius 2 is 1.85 bits per heavy atom. The molecule has 1 fully saturated rings. The summed E-state index contributed by atoms with van der Waals surface area (Å²) in [5.41, 5.74) is 7.62. The highest BCUT2D eigenvalue weighted by Gasteiger charge is 2.26. The van der Waals surface area contributed by atoms with Crippen molar-refractivity contribution in [2.75, 3.05) is 5.73 Å². The summed E-state index contributed by atoms with van der Waals surface area (Å²) in [5.74, 6) is 2.87. The number of nitrogen functional groups attached to an aromatic ring is 1. The van der Waals surface area contributed by atoms with E-state index in [1.54, 1.807) is 0 Å². The van der Waals surface area contributed by atoms with Gasteiger partial charge in [-0.1, -0.05) is 59.8 Å². The lowest BCUT2D eigenvalue weighted by Gasteiger charge is -2.20. The van der Waals surface area contributed by atoms with E-state index < -0.39 is 0 Å². The molecule has 1 aromatic heterocycles. The molecule has 1 saturated carbocycles. The van der Waals surface area contributed by atoms with E-state index in [9.17, 15) is 0 Å². The van der Waals surface area contributed by atoms with E-state index in [-0.39, 0.29) is 5.41 Å². The quantitative estimate of drug-likeness (QED) is 0.892. The molecule has 0 atom stereocenters. The van der Waals surface area contributed by atoms with Crippen molar-refractivity contribution in [3.63, 3.8) is 0 Å². The molecule has 0 radical (unpaired) electrons. The SMILES string of the molecule is CCCn1c(C(C)(C)C)nc(CC2CCCCC2)c1N. The Morgan fingerprint density at radius 1 is 1.20 bits per heavy atom. The molecule has 0 saturated heterocycles. The van der Waals surface area contributed by atoms with Gasteiger partial charge in [0.2, 0.25) is 0 Å². The van der Waals surface area contributed by atoms with Gasteiger partial charge in [0.05, 0.1) is 5.69 Å². The Bertz CT molecular complexity index is 434. The minimum atomic E-state index is 0.0636. The highest BCUT2D eigenvalue weighted by molar-refractivity contribution is 5.40. The van der Waals surface area contributed by atoms with Crippen LogP contribution in [0, 0.1) is 5.92 Å². The van der Waals surface area contributed by atoms with Crippen LogP contribution in [-0.2, 0) is 18.4 Å². The van der Waals surface area contributed by atoms with Gasteiger partial charge in [0.1, 0.15) is 11.6 Å². The first-order valence-corrected chi connectivity index (χ1v) is 8.28. The molecule has 1 aromatic rings. The second kappa shape index (κ2) is 6.19. The third-order valence-corrected chi connectivity index (χ3v) is 4.41. The van der Waals surface area contributed by atoms with Gasteiger partial charge in [-0.2, -0.15) is 0 Å². The van der Waals surface area contributed by atoms with E-state index >= 15 is 0 Å². The molecule has 0 spiro atoms. The maximum Gasteiger partial charge on any atom is 0.126 e. The van der Waals surface area contributed by atoms with Crippen LogP contribution in [0.1, 0.15) is 77.7 Å². The average molecular weight is 277 g/mol. The molecule has 2 rings (SSSR count). The van der Waals surface area contributed by atoms with Crippen LogP contribution < -0.4 is 5.73 Å². The van der Waals surface area contributed by atoms with E-state index in [2.05, 4.69) is 32.3 Å². The minimum absolute atomic E-state index is 0.0636. The number of anilines is 1. The first-order chi connectivity index (χ1) is 9.43. The predicted molar refractivity (Wildman–Crippen MR) is 85.9 cm³/mol. The zero-order valence-electron chi connectivity index (χ0n) is 13.7. The van der Waals surface area contributed by atoms with Crippen molar-refractivity contribution in [2.45, 2.75) is 84.6 Å². The summed E-state index contributed by atoms with van der Waals surface area (Å²) < 4.78 is 2.25. The zero-order chi connectivity index (χ0) is 14.8. The van der Waals surface area contributed by atoms with Crippen molar-refractivity contribution in [1.29, 1.82) is 0 Å². The molecule has 0 aliphatic heterocycles. The molecule has 1 heterocycles. The molecular weight excluding hydrogens is 246 g/mol. The maximum atomic E-state index is 6.40. The molecule has 1 aliphatic carbocycles. The van der Waals surface area contributed by atoms with Crippen molar-refractivity contribution in [3.8, 4) is 0 Å². The highest BCUT2D eigenvalue weighted by Crippen LogP contribution is 2.31. The fourth-order valence-electron chi connectivity index (χ4n) is 3.35. The van der Waals surface area contributed by atoms with Crippen LogP contribution in [0.5, 0.6) is 0 Å². The predicted octanol–water partition coefficient (Wildman–Crippen LogP) is 4.30. The first kappa shape index (κ1) is 15.4. The molecular formula is C17H31N3. The third kappa shape index (κ3) is 3.36. The molecule has 0 amide bonds. The van der Waals surface area contributed by atoms with Crippen LogP contribution in [0.3, 0.4) is 0 Å². The van der Waals surface area contributed by atoms with Crippen LogP contribution in [0.25, 0.3) is 0 Å². The van der Waals surface area contributed by atoms with Gasteiger partial charge in [-0.05, 0) is 18.8 Å². The van der Waals surface area contributed by atoms with Gasteiger partial charge < -0.3 is 10.3 Å². The molecule has 0 aromatic carbocycles. The fraction of sp³-hybridized carbons (Fsp3) is 0.824. The van der Waals surface area contributed by atoms with E-state index in [0.29, 0.717) is 0 Å². The number of nitrogens with two attached hydrogens (primary N) is 1. The second-order valence-electron chi connectivity index (χ2n) is 7.38. The van der Waals surface area contributed by atoms with E-state index in [0.717, 1.165) is 42.6 Å². The van der Waals surface area contributed by atoms with Gasteiger partial charge in [0.25, 0.3) is 0 Å². The summed E-state index contributed by atoms with van der Waals surface area (Å²) in [4.78, 5) is 4.93. The van der Waals surface area contributed by atoms with Crippen LogP contribution in [0.15, 0.2) is 0 Å². The topological polar surface area (TPSA) is 43.8 Å². The minimum Gasteiger partial charge on any atom is -0.384 e. The average Bonchev–Trinajstić information content (AvgIpc) is 2.69. The molecule has 0 bridgehead atoms. The van der Waals surface area contributed by atoms with Crippen LogP contribution in [0.2, 0.25) is 0 Å². The van der Waals surface area contributed by atoms with Gasteiger partial charge >= 0.3 is 0 Å². The van der Waals surface area contributed by atoms with Crippen LogP contribution >= 0.6 is 0 Å². The van der Waals surface area contributed by atoms with Crippen LogP contribution in [-0.4, -0.2) is 9.55 Å². The van der Waals surface area contributed by atoms with Gasteiger partial charge in [-0.15, -0.1) is 0 Å². The van der Waals surface area contributed by atoms with Crippen LogP contribution in [0.4, 0.5) is 5.82 Å². The Labute approximate surface area is 124 Å². The number of rotatable bonds is 4.